The van der Waals surface area contributed by atoms with E-state index in [-0.39, 0.29) is 114 Å². The third-order valence-electron chi connectivity index (χ3n) is 19.9. The largest absolute Gasteiger partial charge is 0.481 e. The fraction of sp³-hybridized carbons (Fsp3) is 0.615. The highest BCUT2D eigenvalue weighted by atomic mass is 16.4. The zero-order valence-electron chi connectivity index (χ0n) is 71.8. The van der Waals surface area contributed by atoms with Crippen molar-refractivity contribution in [3.63, 3.8) is 0 Å². The summed E-state index contributed by atoms with van der Waals surface area (Å²) < 4.78 is 0. The van der Waals surface area contributed by atoms with Crippen LogP contribution in [0.2, 0.25) is 0 Å². The number of nitrogens with one attached hydrogen (secondary N) is 18. The number of primary amides is 2. The lowest BCUT2D eigenvalue weighted by Crippen LogP contribution is -2.62. The van der Waals surface area contributed by atoms with Gasteiger partial charge in [0.1, 0.15) is 78.5 Å². The summed E-state index contributed by atoms with van der Waals surface area (Å²) in [5.41, 5.74) is 28.0. The Hall–Kier alpha value is -13.2. The molecule has 0 bridgehead atoms. The number of likely N-dealkylation sites (tertiary alicyclic amines) is 1. The van der Waals surface area contributed by atoms with Crippen LogP contribution in [0.4, 0.5) is 0 Å². The Morgan fingerprint density at radius 3 is 1.50 bits per heavy atom. The van der Waals surface area contributed by atoms with E-state index < -0.39 is 266 Å². The lowest BCUT2D eigenvalue weighted by molar-refractivity contribution is -0.143. The zero-order valence-corrected chi connectivity index (χ0v) is 71.8. The highest BCUT2D eigenvalue weighted by Gasteiger charge is 2.43. The number of carbonyl (C=O) groups is 19. The number of carboxylic acid groups (broad SMARTS) is 3. The fourth-order valence-electron chi connectivity index (χ4n) is 13.0. The van der Waals surface area contributed by atoms with Crippen molar-refractivity contribution in [1.82, 2.24) is 94.6 Å². The van der Waals surface area contributed by atoms with Crippen molar-refractivity contribution >= 4 is 124 Å². The lowest BCUT2D eigenvalue weighted by atomic mass is 9.96. The van der Waals surface area contributed by atoms with E-state index in [4.69, 9.17) is 44.6 Å². The third kappa shape index (κ3) is 39.1. The third-order valence-corrected chi connectivity index (χ3v) is 19.9. The Balaban J connectivity index is 1.90. The first-order valence-electron chi connectivity index (χ1n) is 41.2. The molecular formula is C78H125N25O23. The van der Waals surface area contributed by atoms with Gasteiger partial charge < -0.3 is 139 Å². The number of H-pyrrole nitrogens is 1. The molecule has 2 aromatic rings. The number of aliphatic hydroxyl groups is 1. The predicted octanol–water partition coefficient (Wildman–Crippen LogP) is -7.67. The van der Waals surface area contributed by atoms with Gasteiger partial charge in [-0.2, -0.15) is 0 Å². The maximum absolute atomic E-state index is 14.7. The van der Waals surface area contributed by atoms with Gasteiger partial charge in [0.25, 0.3) is 0 Å². The Labute approximate surface area is 726 Å². The van der Waals surface area contributed by atoms with E-state index >= 15 is 0 Å². The maximum atomic E-state index is 14.7. The smallest absolute Gasteiger partial charge is 0.326 e. The maximum Gasteiger partial charge on any atom is 0.326 e. The second kappa shape index (κ2) is 54.4. The number of aliphatic hydroxyl groups excluding tert-OH is 1. The van der Waals surface area contributed by atoms with Crippen molar-refractivity contribution in [1.29, 1.82) is 10.8 Å². The van der Waals surface area contributed by atoms with Gasteiger partial charge in [0.15, 0.2) is 11.9 Å². The number of guanidine groups is 2. The second-order valence-corrected chi connectivity index (χ2v) is 31.7. The molecule has 1 aliphatic heterocycles. The lowest BCUT2D eigenvalue weighted by Gasteiger charge is -2.31. The van der Waals surface area contributed by atoms with Gasteiger partial charge in [0.2, 0.25) is 94.5 Å². The molecule has 1 aliphatic rings. The number of carbonyl (C=O) groups excluding carboxylic acids is 16. The molecule has 126 heavy (non-hydrogen) atoms. The molecule has 0 radical (unpaired) electrons. The van der Waals surface area contributed by atoms with Crippen LogP contribution in [0.25, 0.3) is 0 Å². The van der Waals surface area contributed by atoms with Crippen molar-refractivity contribution < 1.29 is 112 Å². The molecule has 3 rings (SSSR count). The standard InChI is InChI=1S/C78H125N25O23/c1-9-41(8)62(74(123)98-49(30-42-16-11-10-12-17-42)68(117)92-45(18-13-25-87-77(82)83)65(114)94-47(76(125)126)19-14-26-88-78(84)85)102-71(120)54(36-104)100-66(115)46(22-23-56(80)105)93-70(119)52(33-60(110)111)97-67(116)48(28-38(2)3)96-69(118)50(31-43-34-86-37-90-43)99-73(122)61(40(6)7)101-72(121)55-20-15-27-103(55)75(124)53(29-39(4)5)91-58(107)35-89-64(113)51(32-57(81)106)95-63(112)44(79)21-24-59(108)109/h10-12,16-17,34,37-41,44-55,61-62,104H,9,13-15,18-33,35-36,79H2,1-8H3,(H2,80,105)(H2,81,106)(H,86,90)(H,89,113)(H,91,107)(H,92,117)(H,93,119)(H,94,114)(H,95,112)(H,96,118)(H,97,116)(H,98,123)(H,99,122)(H,100,115)(H,101,121)(H,102,120)(H,108,109)(H,110,111)(H,125,126)(H4,82,83,87)(H4,84,85,88)/t41-,44-,45-,46-,47-,48-,49-,50-,51-,52-,53-,54-,55-,61-,62-/m0/s1. The number of aliphatic carboxylic acids is 3. The van der Waals surface area contributed by atoms with E-state index in [2.05, 4.69) is 89.7 Å². The summed E-state index contributed by atoms with van der Waals surface area (Å²) in [4.78, 5) is 266. The van der Waals surface area contributed by atoms with E-state index in [1.165, 1.54) is 24.3 Å². The average Bonchev–Trinajstić information content (AvgIpc) is 1.62. The summed E-state index contributed by atoms with van der Waals surface area (Å²) in [7, 11) is 0. The van der Waals surface area contributed by atoms with Gasteiger partial charge in [0.05, 0.1) is 44.1 Å². The summed E-state index contributed by atoms with van der Waals surface area (Å²) in [6, 6.07) is -14.1. The highest BCUT2D eigenvalue weighted by Crippen LogP contribution is 2.23. The molecule has 32 N–H and O–H groups in total. The quantitative estimate of drug-likeness (QED) is 0.0166. The van der Waals surface area contributed by atoms with Gasteiger partial charge in [-0.05, 0) is 93.4 Å². The molecule has 0 unspecified atom stereocenters. The van der Waals surface area contributed by atoms with Gasteiger partial charge in [0, 0.05) is 51.5 Å². The van der Waals surface area contributed by atoms with Gasteiger partial charge >= 0.3 is 17.9 Å². The summed E-state index contributed by atoms with van der Waals surface area (Å²) in [5, 5.41) is 91.6. The van der Waals surface area contributed by atoms with Gasteiger partial charge in [-0.15, -0.1) is 0 Å². The second-order valence-electron chi connectivity index (χ2n) is 31.7. The Bertz CT molecular complexity index is 4100. The number of imidazole rings is 1. The zero-order chi connectivity index (χ0) is 94.8. The van der Waals surface area contributed by atoms with E-state index in [1.807, 2.05) is 0 Å². The first-order valence-corrected chi connectivity index (χ1v) is 41.2. The van der Waals surface area contributed by atoms with E-state index in [0.29, 0.717) is 5.56 Å². The number of carboxylic acids is 3. The number of aromatic amines is 1. The molecule has 0 saturated carbocycles. The molecule has 700 valence electrons. The molecule has 16 amide bonds. The van der Waals surface area contributed by atoms with Crippen LogP contribution in [0.5, 0.6) is 0 Å². The summed E-state index contributed by atoms with van der Waals surface area (Å²) >= 11 is 0. The number of aromatic nitrogens is 2. The molecule has 1 saturated heterocycles. The SMILES string of the molecule is CC[C@H](C)[C@H](NC(=O)[C@H](CO)NC(=O)[C@H](CCC(N)=O)NC(=O)[C@H](CC(=O)O)NC(=O)[C@H](CC(C)C)NC(=O)[C@H](Cc1c[nH]cn1)NC(=O)[C@@H](NC(=O)[C@@H]1CCCN1C(=O)[C@H](CC(C)C)NC(=O)CNC(=O)[C@H](CC(N)=O)NC(=O)[C@@H](N)CCC(=O)O)C(C)C)C(=O)N[C@@H](Cc1ccccc1)C(=O)N[C@@H](CCCNC(=N)N)C(=O)N[C@@H](CCCNC(=N)N)C(=O)O. The van der Waals surface area contributed by atoms with Crippen LogP contribution in [0.3, 0.4) is 0 Å². The first-order chi connectivity index (χ1) is 59.2. The summed E-state index contributed by atoms with van der Waals surface area (Å²) in [6.07, 6.45) is -1.74. The Kier molecular flexibility index (Phi) is 46.2. The van der Waals surface area contributed by atoms with Gasteiger partial charge in [-0.3, -0.25) is 97.1 Å². The van der Waals surface area contributed by atoms with E-state index in [9.17, 15) is 106 Å². The molecular weight excluding hydrogens is 1660 g/mol. The van der Waals surface area contributed by atoms with Crippen molar-refractivity contribution in [3.8, 4) is 0 Å². The van der Waals surface area contributed by atoms with Crippen LogP contribution >= 0.6 is 0 Å². The van der Waals surface area contributed by atoms with Gasteiger partial charge in [-0.1, -0.05) is 92.1 Å². The normalized spacial score (nSPS) is 15.7. The van der Waals surface area contributed by atoms with Crippen LogP contribution < -0.4 is 108 Å². The predicted molar refractivity (Wildman–Crippen MR) is 449 cm³/mol. The highest BCUT2D eigenvalue weighted by molar-refractivity contribution is 6.01. The van der Waals surface area contributed by atoms with Crippen LogP contribution in [0, 0.1) is 34.5 Å². The topological polar surface area (TPSA) is 795 Å². The fourth-order valence-corrected chi connectivity index (χ4v) is 13.0. The molecule has 0 aliphatic carbocycles. The van der Waals surface area contributed by atoms with E-state index in [0.717, 1.165) is 0 Å². The van der Waals surface area contributed by atoms with Crippen LogP contribution in [0.1, 0.15) is 163 Å². The number of hydrogen-bond acceptors (Lipinski definition) is 24. The molecule has 0 spiro atoms. The molecule has 2 heterocycles. The van der Waals surface area contributed by atoms with Crippen LogP contribution in [0.15, 0.2) is 42.9 Å². The first kappa shape index (κ1) is 107. The number of nitrogens with zero attached hydrogens (tertiary/aromatic N) is 2. The minimum absolute atomic E-state index is 0.00956. The molecule has 48 heteroatoms. The molecule has 48 nitrogen and oxygen atoms in total. The number of nitrogens with two attached hydrogens (primary N) is 5. The number of benzene rings is 1. The van der Waals surface area contributed by atoms with Crippen molar-refractivity contribution in [2.24, 2.45) is 52.3 Å². The molecule has 1 fully saturated rings. The summed E-state index contributed by atoms with van der Waals surface area (Å²) in [6.45, 7) is 11.2. The van der Waals surface area contributed by atoms with Crippen LogP contribution in [-0.2, 0) is 104 Å². The van der Waals surface area contributed by atoms with Crippen molar-refractivity contribution in [2.45, 2.75) is 249 Å². The Morgan fingerprint density at radius 1 is 0.500 bits per heavy atom. The number of rotatable bonds is 58. The minimum atomic E-state index is -2.10. The van der Waals surface area contributed by atoms with Gasteiger partial charge in [-0.25, -0.2) is 9.78 Å². The minimum Gasteiger partial charge on any atom is -0.481 e. The van der Waals surface area contributed by atoms with Crippen molar-refractivity contribution in [2.75, 3.05) is 32.8 Å². The Morgan fingerprint density at radius 2 is 0.984 bits per heavy atom. The van der Waals surface area contributed by atoms with Crippen LogP contribution in [-0.4, -0.2) is 277 Å². The monoisotopic (exact) mass is 1780 g/mol. The molecule has 1 aromatic heterocycles. The van der Waals surface area contributed by atoms with Crippen molar-refractivity contribution in [3.05, 3.63) is 54.1 Å². The number of hydrogen-bond donors (Lipinski definition) is 27. The van der Waals surface area contributed by atoms with E-state index in [1.54, 1.807) is 78.8 Å². The number of amides is 16. The molecule has 15 atom stereocenters. The molecule has 1 aromatic carbocycles. The average molecular weight is 1780 g/mol. The summed E-state index contributed by atoms with van der Waals surface area (Å²) in [5.74, 6) is -23.9.